The molecular formula is C15H17NO4. The maximum absolute atomic E-state index is 12.1. The van der Waals surface area contributed by atoms with Gasteiger partial charge in [-0.05, 0) is 18.1 Å². The monoisotopic (exact) mass is 275 g/mol. The van der Waals surface area contributed by atoms with E-state index in [2.05, 4.69) is 5.32 Å². The highest BCUT2D eigenvalue weighted by atomic mass is 16.4. The highest BCUT2D eigenvalue weighted by Crippen LogP contribution is 2.19. The molecule has 0 bridgehead atoms. The summed E-state index contributed by atoms with van der Waals surface area (Å²) in [5.41, 5.74) is 0.605. The molecule has 106 valence electrons. The summed E-state index contributed by atoms with van der Waals surface area (Å²) < 4.78 is 5.42. The number of fused-ring (bicyclic) bond motifs is 1. The minimum atomic E-state index is -1.04. The van der Waals surface area contributed by atoms with Gasteiger partial charge in [-0.3, -0.25) is 4.79 Å². The predicted molar refractivity (Wildman–Crippen MR) is 74.6 cm³/mol. The zero-order valence-corrected chi connectivity index (χ0v) is 11.4. The fraction of sp³-hybridized carbons (Fsp3) is 0.333. The molecule has 0 saturated heterocycles. The zero-order valence-electron chi connectivity index (χ0n) is 11.4. The Balaban J connectivity index is 2.20. The highest BCUT2D eigenvalue weighted by Gasteiger charge is 2.26. The number of carboxylic acid groups (broad SMARTS) is 1. The number of para-hydroxylation sites is 1. The Morgan fingerprint density at radius 3 is 2.65 bits per heavy atom. The van der Waals surface area contributed by atoms with Crippen LogP contribution in [0, 0.1) is 5.92 Å². The van der Waals surface area contributed by atoms with Crippen molar-refractivity contribution >= 4 is 22.8 Å². The molecule has 0 aliphatic rings. The van der Waals surface area contributed by atoms with E-state index in [9.17, 15) is 9.59 Å². The van der Waals surface area contributed by atoms with Gasteiger partial charge in [0, 0.05) is 5.39 Å². The number of amides is 1. The summed E-state index contributed by atoms with van der Waals surface area (Å²) >= 11 is 0. The second kappa shape index (κ2) is 5.77. The number of carbonyl (C=O) groups excluding carboxylic acids is 1. The van der Waals surface area contributed by atoms with Crippen LogP contribution >= 0.6 is 0 Å². The topological polar surface area (TPSA) is 79.5 Å². The summed E-state index contributed by atoms with van der Waals surface area (Å²) in [6.07, 6.45) is 0.664. The van der Waals surface area contributed by atoms with E-state index in [1.54, 1.807) is 19.1 Å². The largest absolute Gasteiger partial charge is 0.480 e. The van der Waals surface area contributed by atoms with E-state index in [1.165, 1.54) is 0 Å². The Hall–Kier alpha value is -2.30. The van der Waals surface area contributed by atoms with Crippen molar-refractivity contribution in [3.8, 4) is 0 Å². The van der Waals surface area contributed by atoms with Gasteiger partial charge in [0.2, 0.25) is 0 Å². The molecule has 1 heterocycles. The summed E-state index contributed by atoms with van der Waals surface area (Å²) in [5.74, 6) is -1.57. The molecule has 20 heavy (non-hydrogen) atoms. The fourth-order valence-corrected chi connectivity index (χ4v) is 1.99. The number of rotatable bonds is 5. The van der Waals surface area contributed by atoms with Gasteiger partial charge in [0.25, 0.3) is 5.91 Å². The van der Waals surface area contributed by atoms with Crippen LogP contribution in [0.2, 0.25) is 0 Å². The molecule has 5 heteroatoms. The highest BCUT2D eigenvalue weighted by molar-refractivity contribution is 5.97. The van der Waals surface area contributed by atoms with Gasteiger partial charge in [-0.15, -0.1) is 0 Å². The number of nitrogens with one attached hydrogen (secondary N) is 1. The third-order valence-electron chi connectivity index (χ3n) is 3.41. The van der Waals surface area contributed by atoms with Crippen molar-refractivity contribution in [3.63, 3.8) is 0 Å². The Morgan fingerprint density at radius 1 is 1.35 bits per heavy atom. The lowest BCUT2D eigenvalue weighted by Crippen LogP contribution is -2.44. The van der Waals surface area contributed by atoms with E-state index in [0.717, 1.165) is 5.39 Å². The van der Waals surface area contributed by atoms with Crippen molar-refractivity contribution in [1.82, 2.24) is 5.32 Å². The van der Waals surface area contributed by atoms with E-state index >= 15 is 0 Å². The lowest BCUT2D eigenvalue weighted by atomic mass is 9.99. The van der Waals surface area contributed by atoms with E-state index in [4.69, 9.17) is 9.52 Å². The second-order valence-electron chi connectivity index (χ2n) is 4.82. The summed E-state index contributed by atoms with van der Waals surface area (Å²) in [6, 6.07) is 7.95. The molecule has 2 atom stereocenters. The third kappa shape index (κ3) is 2.82. The van der Waals surface area contributed by atoms with Gasteiger partial charge in [0.05, 0.1) is 0 Å². The van der Waals surface area contributed by atoms with E-state index in [1.807, 2.05) is 25.1 Å². The first kappa shape index (κ1) is 14.1. The molecule has 1 aromatic heterocycles. The summed E-state index contributed by atoms with van der Waals surface area (Å²) in [5, 5.41) is 12.5. The predicted octanol–water partition coefficient (Wildman–Crippen LogP) is 2.66. The van der Waals surface area contributed by atoms with Crippen LogP contribution in [-0.4, -0.2) is 23.0 Å². The number of carboxylic acids is 1. The van der Waals surface area contributed by atoms with Gasteiger partial charge in [0.1, 0.15) is 11.6 Å². The molecule has 0 saturated carbocycles. The Morgan fingerprint density at radius 2 is 2.05 bits per heavy atom. The van der Waals surface area contributed by atoms with Crippen molar-refractivity contribution < 1.29 is 19.1 Å². The second-order valence-corrected chi connectivity index (χ2v) is 4.82. The normalized spacial score (nSPS) is 13.9. The van der Waals surface area contributed by atoms with Crippen molar-refractivity contribution in [2.75, 3.05) is 0 Å². The molecule has 5 nitrogen and oxygen atoms in total. The average molecular weight is 275 g/mol. The molecule has 2 aromatic rings. The average Bonchev–Trinajstić information content (AvgIpc) is 2.87. The number of hydrogen-bond acceptors (Lipinski definition) is 3. The fourth-order valence-electron chi connectivity index (χ4n) is 1.99. The molecule has 1 aromatic carbocycles. The maximum atomic E-state index is 12.1. The van der Waals surface area contributed by atoms with Gasteiger partial charge < -0.3 is 14.8 Å². The first-order valence-electron chi connectivity index (χ1n) is 6.55. The van der Waals surface area contributed by atoms with Crippen LogP contribution in [-0.2, 0) is 4.79 Å². The van der Waals surface area contributed by atoms with Gasteiger partial charge in [0.15, 0.2) is 5.76 Å². The smallest absolute Gasteiger partial charge is 0.326 e. The molecule has 0 aliphatic carbocycles. The maximum Gasteiger partial charge on any atom is 0.326 e. The number of aliphatic carboxylic acids is 1. The van der Waals surface area contributed by atoms with Gasteiger partial charge in [-0.2, -0.15) is 0 Å². The van der Waals surface area contributed by atoms with E-state index < -0.39 is 17.9 Å². The van der Waals surface area contributed by atoms with Crippen molar-refractivity contribution in [2.45, 2.75) is 26.3 Å². The number of carbonyl (C=O) groups is 2. The SMILES string of the molecule is CC[C@H](C)[C@H](NC(=O)c1cc2ccccc2o1)C(=O)O. The van der Waals surface area contributed by atoms with Crippen LogP contribution in [0.25, 0.3) is 11.0 Å². The van der Waals surface area contributed by atoms with Gasteiger partial charge >= 0.3 is 5.97 Å². The Kier molecular flexibility index (Phi) is 4.08. The van der Waals surface area contributed by atoms with Crippen LogP contribution in [0.4, 0.5) is 0 Å². The molecule has 2 rings (SSSR count). The number of hydrogen-bond donors (Lipinski definition) is 2. The van der Waals surface area contributed by atoms with E-state index in [-0.39, 0.29) is 11.7 Å². The quantitative estimate of drug-likeness (QED) is 0.879. The van der Waals surface area contributed by atoms with Crippen LogP contribution in [0.15, 0.2) is 34.7 Å². The first-order chi connectivity index (χ1) is 9.52. The van der Waals surface area contributed by atoms with Crippen molar-refractivity contribution in [3.05, 3.63) is 36.1 Å². The molecule has 0 radical (unpaired) electrons. The molecule has 0 fully saturated rings. The van der Waals surface area contributed by atoms with Gasteiger partial charge in [-0.1, -0.05) is 38.5 Å². The summed E-state index contributed by atoms with van der Waals surface area (Å²) in [6.45, 7) is 3.67. The summed E-state index contributed by atoms with van der Waals surface area (Å²) in [4.78, 5) is 23.3. The molecule has 1 amide bonds. The third-order valence-corrected chi connectivity index (χ3v) is 3.41. The van der Waals surface area contributed by atoms with Crippen LogP contribution < -0.4 is 5.32 Å². The Bertz CT molecular complexity index is 599. The number of furan rings is 1. The molecule has 0 spiro atoms. The lowest BCUT2D eigenvalue weighted by molar-refractivity contribution is -0.140. The number of benzene rings is 1. The lowest BCUT2D eigenvalue weighted by Gasteiger charge is -2.19. The van der Waals surface area contributed by atoms with Crippen LogP contribution in [0.1, 0.15) is 30.8 Å². The standard InChI is InChI=1S/C15H17NO4/c1-3-9(2)13(15(18)19)16-14(17)12-8-10-6-4-5-7-11(10)20-12/h4-9,13H,3H2,1-2H3,(H,16,17)(H,18,19)/t9-,13-/m0/s1. The van der Waals surface area contributed by atoms with E-state index in [0.29, 0.717) is 12.0 Å². The Labute approximate surface area is 116 Å². The van der Waals surface area contributed by atoms with Crippen LogP contribution in [0.3, 0.4) is 0 Å². The minimum absolute atomic E-state index is 0.126. The molecular weight excluding hydrogens is 258 g/mol. The van der Waals surface area contributed by atoms with Crippen molar-refractivity contribution in [1.29, 1.82) is 0 Å². The van der Waals surface area contributed by atoms with Crippen LogP contribution in [0.5, 0.6) is 0 Å². The minimum Gasteiger partial charge on any atom is -0.480 e. The molecule has 0 unspecified atom stereocenters. The first-order valence-corrected chi connectivity index (χ1v) is 6.55. The molecule has 0 aliphatic heterocycles. The zero-order chi connectivity index (χ0) is 14.7. The molecule has 2 N–H and O–H groups in total. The van der Waals surface area contributed by atoms with Gasteiger partial charge in [-0.25, -0.2) is 4.79 Å². The van der Waals surface area contributed by atoms with Crippen molar-refractivity contribution in [2.24, 2.45) is 5.92 Å². The summed E-state index contributed by atoms with van der Waals surface area (Å²) in [7, 11) is 0.